The average molecular weight is 872 g/mol. The van der Waals surface area contributed by atoms with E-state index in [4.69, 9.17) is 9.47 Å². The highest BCUT2D eigenvalue weighted by atomic mass is 32.2. The topological polar surface area (TPSA) is 173 Å². The Bertz CT molecular complexity index is 1920. The average Bonchev–Trinajstić information content (AvgIpc) is 3.79. The summed E-state index contributed by atoms with van der Waals surface area (Å²) < 4.78 is 37.7. The SMILES string of the molecule is C=C.C=CCC(C)C(=C)[C@@H](NC(=O)[C@@H]1CCCN1C(=O)[C@@H](NC(=O)OC(C)(C)C)C(C)(C)C)C(=O)NS(=O)(=O)C1CC1.CC.CC.COc1nc2c(c3ccccc13)CCC2.[HH]. The van der Waals surface area contributed by atoms with E-state index in [0.717, 1.165) is 24.1 Å². The minimum atomic E-state index is -3.86. The first-order valence-electron chi connectivity index (χ1n) is 21.6. The smallest absolute Gasteiger partial charge is 0.408 e. The fourth-order valence-electron chi connectivity index (χ4n) is 6.87. The molecule has 5 rings (SSSR count). The van der Waals surface area contributed by atoms with Gasteiger partial charge in [0, 0.05) is 19.1 Å². The van der Waals surface area contributed by atoms with Crippen molar-refractivity contribution in [3.05, 3.63) is 73.5 Å². The number of methoxy groups -OCH3 is 1. The molecule has 2 heterocycles. The van der Waals surface area contributed by atoms with Crippen LogP contribution in [0.25, 0.3) is 10.8 Å². The third kappa shape index (κ3) is 15.6. The number of hydrogen-bond donors (Lipinski definition) is 3. The zero-order valence-electron chi connectivity index (χ0n) is 39.0. The van der Waals surface area contributed by atoms with E-state index in [-0.39, 0.29) is 13.9 Å². The Labute approximate surface area is 368 Å². The lowest BCUT2D eigenvalue weighted by Crippen LogP contribution is -2.59. The minimum absolute atomic E-state index is 0. The number of allylic oxidation sites excluding steroid dienone is 1. The largest absolute Gasteiger partial charge is 0.481 e. The Balaban J connectivity index is 0.00000139. The molecule has 3 N–H and O–H groups in total. The Morgan fingerprint density at radius 3 is 2.07 bits per heavy atom. The maximum atomic E-state index is 13.7. The van der Waals surface area contributed by atoms with Crippen LogP contribution >= 0.6 is 0 Å². The number of aromatic nitrogens is 1. The fraction of sp³-hybridized carbons (Fsp3) is 0.596. The number of nitrogens with one attached hydrogen (secondary N) is 3. The van der Waals surface area contributed by atoms with Gasteiger partial charge in [-0.15, -0.1) is 19.7 Å². The van der Waals surface area contributed by atoms with E-state index in [1.165, 1.54) is 28.0 Å². The van der Waals surface area contributed by atoms with E-state index in [1.54, 1.807) is 61.7 Å². The highest BCUT2D eigenvalue weighted by Gasteiger charge is 2.44. The molecule has 1 unspecified atom stereocenters. The Kier molecular flexibility index (Phi) is 21.9. The maximum Gasteiger partial charge on any atom is 0.408 e. The fourth-order valence-corrected chi connectivity index (χ4v) is 8.19. The number of ether oxygens (including phenoxy) is 2. The predicted octanol–water partition coefficient (Wildman–Crippen LogP) is 8.61. The van der Waals surface area contributed by atoms with Crippen molar-refractivity contribution in [2.24, 2.45) is 11.3 Å². The second-order valence-corrected chi connectivity index (χ2v) is 18.7. The molecule has 61 heavy (non-hydrogen) atoms. The molecule has 2 aromatic rings. The van der Waals surface area contributed by atoms with Crippen LogP contribution < -0.4 is 20.1 Å². The molecule has 0 spiro atoms. The van der Waals surface area contributed by atoms with Crippen LogP contribution in [0, 0.1) is 11.3 Å². The lowest BCUT2D eigenvalue weighted by Gasteiger charge is -2.36. The molecular formula is C47H77N5O8S. The van der Waals surface area contributed by atoms with Crippen molar-refractivity contribution in [1.29, 1.82) is 0 Å². The number of rotatable bonds is 12. The Morgan fingerprint density at radius 2 is 1.54 bits per heavy atom. The molecule has 1 saturated carbocycles. The van der Waals surface area contributed by atoms with Crippen molar-refractivity contribution in [3.63, 3.8) is 0 Å². The number of nitrogens with zero attached hydrogens (tertiary/aromatic N) is 2. The number of aryl methyl sites for hydroxylation is 2. The van der Waals surface area contributed by atoms with Crippen LogP contribution in [0.15, 0.2) is 62.2 Å². The third-order valence-corrected chi connectivity index (χ3v) is 11.8. The molecule has 4 amide bonds. The van der Waals surface area contributed by atoms with Gasteiger partial charge in [0.2, 0.25) is 27.7 Å². The summed E-state index contributed by atoms with van der Waals surface area (Å²) in [6.45, 7) is 34.3. The molecule has 2 fully saturated rings. The number of hydrogen-bond acceptors (Lipinski definition) is 9. The molecule has 13 nitrogen and oxygen atoms in total. The summed E-state index contributed by atoms with van der Waals surface area (Å²) in [6.07, 6.45) is 6.65. The first-order valence-corrected chi connectivity index (χ1v) is 23.1. The number of amides is 4. The number of carbonyl (C=O) groups is 4. The van der Waals surface area contributed by atoms with Gasteiger partial charge in [0.05, 0.1) is 12.4 Å². The summed E-state index contributed by atoms with van der Waals surface area (Å²) in [5, 5.41) is 7.15. The van der Waals surface area contributed by atoms with Gasteiger partial charge < -0.3 is 25.0 Å². The summed E-state index contributed by atoms with van der Waals surface area (Å²) in [4.78, 5) is 58.9. The van der Waals surface area contributed by atoms with E-state index in [0.29, 0.717) is 37.7 Å². The molecule has 1 aliphatic heterocycles. The van der Waals surface area contributed by atoms with E-state index < -0.39 is 68.2 Å². The second kappa shape index (κ2) is 24.7. The molecule has 1 aromatic heterocycles. The van der Waals surface area contributed by atoms with Crippen LogP contribution in [0.1, 0.15) is 127 Å². The quantitative estimate of drug-likeness (QED) is 0.177. The normalized spacial score (nSPS) is 16.9. The van der Waals surface area contributed by atoms with Crippen molar-refractivity contribution in [1.82, 2.24) is 25.2 Å². The predicted molar refractivity (Wildman–Crippen MR) is 249 cm³/mol. The van der Waals surface area contributed by atoms with Crippen molar-refractivity contribution in [2.45, 2.75) is 157 Å². The van der Waals surface area contributed by atoms with Crippen molar-refractivity contribution < 1.29 is 38.5 Å². The van der Waals surface area contributed by atoms with Crippen LogP contribution in [-0.2, 0) is 42.0 Å². The van der Waals surface area contributed by atoms with Crippen LogP contribution in [0.4, 0.5) is 4.79 Å². The first-order chi connectivity index (χ1) is 28.7. The zero-order valence-corrected chi connectivity index (χ0v) is 39.9. The third-order valence-electron chi connectivity index (χ3n) is 9.99. The molecule has 14 heteroatoms. The van der Waals surface area contributed by atoms with E-state index >= 15 is 0 Å². The van der Waals surface area contributed by atoms with E-state index in [2.05, 4.69) is 64.9 Å². The van der Waals surface area contributed by atoms with Gasteiger partial charge in [-0.3, -0.25) is 19.1 Å². The van der Waals surface area contributed by atoms with E-state index in [9.17, 15) is 27.6 Å². The van der Waals surface area contributed by atoms with E-state index in [1.807, 2.05) is 33.8 Å². The van der Waals surface area contributed by atoms with Crippen LogP contribution in [0.2, 0.25) is 0 Å². The highest BCUT2D eigenvalue weighted by Crippen LogP contribution is 2.33. The van der Waals surface area contributed by atoms with Gasteiger partial charge in [-0.1, -0.05) is 86.2 Å². The van der Waals surface area contributed by atoms with Crippen LogP contribution in [-0.4, -0.2) is 84.7 Å². The van der Waals surface area contributed by atoms with Gasteiger partial charge in [-0.2, -0.15) is 0 Å². The van der Waals surface area contributed by atoms with Crippen molar-refractivity contribution in [3.8, 4) is 5.88 Å². The minimum Gasteiger partial charge on any atom is -0.481 e. The first kappa shape index (κ1) is 54.3. The number of likely N-dealkylation sites (tertiary alicyclic amines) is 1. The molecule has 0 bridgehead atoms. The Hall–Kier alpha value is -4.72. The number of sulfonamides is 1. The molecule has 344 valence electrons. The maximum absolute atomic E-state index is 13.7. The Morgan fingerprint density at radius 1 is 0.951 bits per heavy atom. The number of carbonyl (C=O) groups excluding carboxylic acids is 4. The summed E-state index contributed by atoms with van der Waals surface area (Å²) in [7, 11) is -2.17. The highest BCUT2D eigenvalue weighted by molar-refractivity contribution is 7.90. The standard InChI is InChI=1S/C28H46N4O7S.C13H13NO.2C2H6.C2H4.H2/c1-10-12-17(2)18(3)21(24(34)31-40(37,38)19-14-15-19)29-23(33)20-13-11-16-32(20)25(35)22(27(4,5)6)30-26(36)39-28(7,8)9;1-15-13-11-6-3-2-5-9(11)10-7-4-8-12(10)14-13;3*1-2;/h10,17,19-22H,1,3,11-16H2,2,4-9H3,(H,29,33)(H,30,36)(H,31,34);2-3,5-6H,4,7-8H2,1H3;2*1-2H3;1-2H2;1H/t17?,20-,21+,22+;;;;;/m0...../s1. The van der Waals surface area contributed by atoms with Crippen molar-refractivity contribution >= 4 is 44.6 Å². The van der Waals surface area contributed by atoms with Gasteiger partial charge in [-0.25, -0.2) is 18.2 Å². The molecule has 2 aliphatic carbocycles. The molecular weight excluding hydrogens is 795 g/mol. The summed E-state index contributed by atoms with van der Waals surface area (Å²) in [5.41, 5.74) is 1.51. The monoisotopic (exact) mass is 872 g/mol. The molecule has 4 atom stereocenters. The van der Waals surface area contributed by atoms with Gasteiger partial charge in [0.15, 0.2) is 0 Å². The number of pyridine rings is 1. The zero-order chi connectivity index (χ0) is 46.9. The second-order valence-electron chi connectivity index (χ2n) is 16.7. The number of benzene rings is 1. The van der Waals surface area contributed by atoms with Gasteiger partial charge in [0.1, 0.15) is 23.7 Å². The lowest BCUT2D eigenvalue weighted by molar-refractivity contribution is -0.142. The molecule has 1 saturated heterocycles. The van der Waals surface area contributed by atoms with Gasteiger partial charge in [-0.05, 0) is 106 Å². The summed E-state index contributed by atoms with van der Waals surface area (Å²) in [6, 6.07) is 5.14. The molecule has 3 aliphatic rings. The van der Waals surface area contributed by atoms with Crippen LogP contribution in [0.5, 0.6) is 5.88 Å². The lowest BCUT2D eigenvalue weighted by atomic mass is 9.85. The van der Waals surface area contributed by atoms with Crippen molar-refractivity contribution in [2.75, 3.05) is 13.7 Å². The number of fused-ring (bicyclic) bond motifs is 3. The molecule has 0 radical (unpaired) electrons. The molecule has 1 aromatic carbocycles. The van der Waals surface area contributed by atoms with Gasteiger partial charge in [0.25, 0.3) is 5.91 Å². The summed E-state index contributed by atoms with van der Waals surface area (Å²) >= 11 is 0. The number of alkyl carbamates (subject to hydrolysis) is 1. The summed E-state index contributed by atoms with van der Waals surface area (Å²) in [5.74, 6) is -1.46. The van der Waals surface area contributed by atoms with Crippen LogP contribution in [0.3, 0.4) is 0 Å². The van der Waals surface area contributed by atoms with Gasteiger partial charge >= 0.3 is 6.09 Å².